The second kappa shape index (κ2) is 9.92. The summed E-state index contributed by atoms with van der Waals surface area (Å²) in [7, 11) is 0. The van der Waals surface area contributed by atoms with Gasteiger partial charge in [-0.3, -0.25) is 9.59 Å². The Kier molecular flexibility index (Phi) is 7.90. The van der Waals surface area contributed by atoms with Gasteiger partial charge in [-0.2, -0.15) is 0 Å². The van der Waals surface area contributed by atoms with Crippen LogP contribution in [-0.4, -0.2) is 42.5 Å². The van der Waals surface area contributed by atoms with E-state index in [2.05, 4.69) is 15.9 Å². The number of benzene rings is 1. The van der Waals surface area contributed by atoms with Crippen LogP contribution in [-0.2, 0) is 14.3 Å². The van der Waals surface area contributed by atoms with Crippen LogP contribution >= 0.6 is 15.9 Å². The topological polar surface area (TPSA) is 61.8 Å². The zero-order valence-corrected chi connectivity index (χ0v) is 16.2. The Hall–Kier alpha value is -1.40. The Bertz CT molecular complexity index is 564. The average Bonchev–Trinajstić information content (AvgIpc) is 2.61. The summed E-state index contributed by atoms with van der Waals surface area (Å²) in [4.78, 5) is 23.3. The van der Waals surface area contributed by atoms with Crippen molar-refractivity contribution < 1.29 is 23.8 Å². The zero-order chi connectivity index (χ0) is 18.1. The molecule has 138 valence electrons. The number of rotatable bonds is 9. The second-order valence-corrected chi connectivity index (χ2v) is 7.70. The highest BCUT2D eigenvalue weighted by Crippen LogP contribution is 2.38. The van der Waals surface area contributed by atoms with Crippen molar-refractivity contribution in [1.29, 1.82) is 0 Å². The lowest BCUT2D eigenvalue weighted by Crippen LogP contribution is -2.34. The SMILES string of the molecule is CC(=O)OCCOCCOc1ccc(C(=O)C2(Br)CCCCC2)cc1. The predicted octanol–water partition coefficient (Wildman–Crippen LogP) is 3.93. The van der Waals surface area contributed by atoms with Gasteiger partial charge in [0.15, 0.2) is 5.78 Å². The van der Waals surface area contributed by atoms with E-state index < -0.39 is 4.32 Å². The van der Waals surface area contributed by atoms with Gasteiger partial charge >= 0.3 is 5.97 Å². The van der Waals surface area contributed by atoms with Crippen LogP contribution in [0.2, 0.25) is 0 Å². The van der Waals surface area contributed by atoms with E-state index in [4.69, 9.17) is 14.2 Å². The Morgan fingerprint density at radius 1 is 1.00 bits per heavy atom. The third-order valence-corrected chi connectivity index (χ3v) is 5.35. The number of Topliss-reactive ketones (excluding diaryl/α,β-unsaturated/α-hetero) is 1. The number of ether oxygens (including phenoxy) is 3. The van der Waals surface area contributed by atoms with Crippen molar-refractivity contribution in [2.45, 2.75) is 43.4 Å². The Balaban J connectivity index is 1.72. The van der Waals surface area contributed by atoms with Crippen LogP contribution in [0.3, 0.4) is 0 Å². The molecule has 0 aliphatic heterocycles. The molecule has 0 atom stereocenters. The van der Waals surface area contributed by atoms with E-state index in [0.717, 1.165) is 25.7 Å². The summed E-state index contributed by atoms with van der Waals surface area (Å²) in [5, 5.41) is 0. The van der Waals surface area contributed by atoms with Crippen molar-refractivity contribution in [2.24, 2.45) is 0 Å². The lowest BCUT2D eigenvalue weighted by molar-refractivity contribution is -0.142. The van der Waals surface area contributed by atoms with Gasteiger partial charge in [0.1, 0.15) is 19.0 Å². The minimum Gasteiger partial charge on any atom is -0.491 e. The van der Waals surface area contributed by atoms with Crippen LogP contribution in [0.15, 0.2) is 24.3 Å². The van der Waals surface area contributed by atoms with E-state index >= 15 is 0 Å². The van der Waals surface area contributed by atoms with Gasteiger partial charge in [0.05, 0.1) is 17.5 Å². The summed E-state index contributed by atoms with van der Waals surface area (Å²) in [6, 6.07) is 7.25. The first kappa shape index (κ1) is 19.9. The number of hydrogen-bond acceptors (Lipinski definition) is 5. The van der Waals surface area contributed by atoms with E-state index in [0.29, 0.717) is 31.1 Å². The van der Waals surface area contributed by atoms with Crippen LogP contribution in [0.4, 0.5) is 0 Å². The minimum absolute atomic E-state index is 0.160. The molecule has 0 heterocycles. The highest BCUT2D eigenvalue weighted by atomic mass is 79.9. The van der Waals surface area contributed by atoms with Crippen LogP contribution < -0.4 is 4.74 Å². The number of carbonyl (C=O) groups is 2. The maximum Gasteiger partial charge on any atom is 0.302 e. The maximum atomic E-state index is 12.7. The van der Waals surface area contributed by atoms with Crippen molar-refractivity contribution >= 4 is 27.7 Å². The summed E-state index contributed by atoms with van der Waals surface area (Å²) >= 11 is 3.67. The molecule has 2 rings (SSSR count). The molecule has 1 fully saturated rings. The molecule has 5 nitrogen and oxygen atoms in total. The molecule has 1 aliphatic rings. The van der Waals surface area contributed by atoms with Gasteiger partial charge in [-0.25, -0.2) is 0 Å². The van der Waals surface area contributed by atoms with Crippen LogP contribution in [0.25, 0.3) is 0 Å². The molecule has 0 spiro atoms. The fourth-order valence-electron chi connectivity index (χ4n) is 2.87. The smallest absolute Gasteiger partial charge is 0.302 e. The molecule has 0 aromatic heterocycles. The summed E-state index contributed by atoms with van der Waals surface area (Å²) in [6.45, 7) is 2.77. The number of esters is 1. The molecule has 1 aromatic rings. The van der Waals surface area contributed by atoms with Crippen LogP contribution in [0.1, 0.15) is 49.4 Å². The van der Waals surface area contributed by atoms with Gasteiger partial charge in [0, 0.05) is 12.5 Å². The van der Waals surface area contributed by atoms with Crippen molar-refractivity contribution in [3.05, 3.63) is 29.8 Å². The van der Waals surface area contributed by atoms with Crippen molar-refractivity contribution in [3.8, 4) is 5.75 Å². The van der Waals surface area contributed by atoms with E-state index in [1.165, 1.54) is 13.3 Å². The largest absolute Gasteiger partial charge is 0.491 e. The highest BCUT2D eigenvalue weighted by Gasteiger charge is 2.37. The quantitative estimate of drug-likeness (QED) is 0.266. The van der Waals surface area contributed by atoms with Crippen molar-refractivity contribution in [3.63, 3.8) is 0 Å². The van der Waals surface area contributed by atoms with E-state index in [-0.39, 0.29) is 18.4 Å². The molecule has 1 aromatic carbocycles. The Morgan fingerprint density at radius 2 is 1.64 bits per heavy atom. The monoisotopic (exact) mass is 412 g/mol. The average molecular weight is 413 g/mol. The minimum atomic E-state index is -0.399. The number of alkyl halides is 1. The number of carbonyl (C=O) groups excluding carboxylic acids is 2. The summed E-state index contributed by atoms with van der Waals surface area (Å²) in [5.41, 5.74) is 0.712. The molecule has 0 bridgehead atoms. The second-order valence-electron chi connectivity index (χ2n) is 6.18. The van der Waals surface area contributed by atoms with Gasteiger partial charge in [0.25, 0.3) is 0 Å². The van der Waals surface area contributed by atoms with Gasteiger partial charge < -0.3 is 14.2 Å². The first-order chi connectivity index (χ1) is 12.0. The molecule has 1 saturated carbocycles. The maximum absolute atomic E-state index is 12.7. The Labute approximate surface area is 157 Å². The van der Waals surface area contributed by atoms with E-state index in [1.807, 2.05) is 24.3 Å². The molecule has 0 saturated heterocycles. The predicted molar refractivity (Wildman–Crippen MR) is 98.5 cm³/mol. The fraction of sp³-hybridized carbons (Fsp3) is 0.579. The van der Waals surface area contributed by atoms with Crippen LogP contribution in [0.5, 0.6) is 5.75 Å². The molecule has 0 amide bonds. The highest BCUT2D eigenvalue weighted by molar-refractivity contribution is 9.10. The van der Waals surface area contributed by atoms with Gasteiger partial charge in [0.2, 0.25) is 0 Å². The zero-order valence-electron chi connectivity index (χ0n) is 14.6. The van der Waals surface area contributed by atoms with E-state index in [9.17, 15) is 9.59 Å². The summed E-state index contributed by atoms with van der Waals surface area (Å²) < 4.78 is 15.2. The third kappa shape index (κ3) is 6.44. The summed E-state index contributed by atoms with van der Waals surface area (Å²) in [5.74, 6) is 0.549. The summed E-state index contributed by atoms with van der Waals surface area (Å²) in [6.07, 6.45) is 5.19. The first-order valence-electron chi connectivity index (χ1n) is 8.69. The third-order valence-electron chi connectivity index (χ3n) is 4.20. The lowest BCUT2D eigenvalue weighted by atomic mass is 9.83. The molecule has 0 N–H and O–H groups in total. The molecule has 25 heavy (non-hydrogen) atoms. The molecular weight excluding hydrogens is 388 g/mol. The first-order valence-corrected chi connectivity index (χ1v) is 9.48. The Morgan fingerprint density at radius 3 is 2.28 bits per heavy atom. The fourth-order valence-corrected chi connectivity index (χ4v) is 3.65. The number of hydrogen-bond donors (Lipinski definition) is 0. The lowest BCUT2D eigenvalue weighted by Gasteiger charge is -2.30. The number of ketones is 1. The standard InChI is InChI=1S/C19H25BrO5/c1-15(21)24-13-11-23-12-14-25-17-7-5-16(6-8-17)18(22)19(20)9-3-2-4-10-19/h5-8H,2-4,9-14H2,1H3. The molecule has 0 radical (unpaired) electrons. The molecule has 0 unspecified atom stereocenters. The van der Waals surface area contributed by atoms with Crippen molar-refractivity contribution in [1.82, 2.24) is 0 Å². The van der Waals surface area contributed by atoms with E-state index in [1.54, 1.807) is 0 Å². The van der Waals surface area contributed by atoms with Gasteiger partial charge in [-0.15, -0.1) is 0 Å². The number of halogens is 1. The molecule has 6 heteroatoms. The normalized spacial score (nSPS) is 16.2. The van der Waals surface area contributed by atoms with Gasteiger partial charge in [-0.05, 0) is 37.1 Å². The van der Waals surface area contributed by atoms with Gasteiger partial charge in [-0.1, -0.05) is 35.2 Å². The van der Waals surface area contributed by atoms with Crippen LogP contribution in [0, 0.1) is 0 Å². The molecular formula is C19H25BrO5. The van der Waals surface area contributed by atoms with Crippen molar-refractivity contribution in [2.75, 3.05) is 26.4 Å². The molecule has 1 aliphatic carbocycles.